The lowest BCUT2D eigenvalue weighted by Gasteiger charge is -2.22. The lowest BCUT2D eigenvalue weighted by Crippen LogP contribution is -2.47. The molecular weight excluding hydrogens is 400 g/mol. The van der Waals surface area contributed by atoms with Crippen molar-refractivity contribution in [2.75, 3.05) is 11.6 Å². The molecule has 1 saturated heterocycles. The average Bonchev–Trinajstić information content (AvgIpc) is 3.40. The number of rotatable bonds is 5. The third kappa shape index (κ3) is 3.94. The predicted molar refractivity (Wildman–Crippen MR) is 113 cm³/mol. The van der Waals surface area contributed by atoms with Crippen molar-refractivity contribution in [1.29, 1.82) is 10.5 Å². The van der Waals surface area contributed by atoms with Crippen molar-refractivity contribution >= 4 is 28.6 Å². The Bertz CT molecular complexity index is 1160. The number of H-pyrrole nitrogens is 1. The molecule has 0 aliphatic carbocycles. The van der Waals surface area contributed by atoms with Crippen molar-refractivity contribution in [3.8, 4) is 23.8 Å². The third-order valence-corrected chi connectivity index (χ3v) is 5.91. The van der Waals surface area contributed by atoms with Crippen molar-refractivity contribution in [1.82, 2.24) is 14.9 Å². The summed E-state index contributed by atoms with van der Waals surface area (Å²) in [6.45, 7) is 0. The van der Waals surface area contributed by atoms with Crippen LogP contribution in [-0.4, -0.2) is 44.5 Å². The van der Waals surface area contributed by atoms with Gasteiger partial charge in [0.15, 0.2) is 0 Å². The number of aromatic amines is 1. The summed E-state index contributed by atoms with van der Waals surface area (Å²) in [6.07, 6.45) is 3.63. The molecule has 0 bridgehead atoms. The molecule has 1 amide bonds. The van der Waals surface area contributed by atoms with Gasteiger partial charge in [-0.3, -0.25) is 4.79 Å². The van der Waals surface area contributed by atoms with Crippen LogP contribution in [0.3, 0.4) is 0 Å². The fourth-order valence-corrected chi connectivity index (χ4v) is 4.41. The fourth-order valence-electron chi connectivity index (χ4n) is 3.32. The summed E-state index contributed by atoms with van der Waals surface area (Å²) in [6, 6.07) is 11.9. The molecule has 9 heteroatoms. The van der Waals surface area contributed by atoms with E-state index in [0.717, 1.165) is 16.5 Å². The van der Waals surface area contributed by atoms with Crippen LogP contribution >= 0.6 is 11.8 Å². The molecule has 3 aromatic rings. The Labute approximate surface area is 177 Å². The molecule has 0 unspecified atom stereocenters. The van der Waals surface area contributed by atoms with E-state index in [1.165, 1.54) is 6.20 Å². The lowest BCUT2D eigenvalue weighted by molar-refractivity contribution is -0.132. The fraction of sp³-hybridized carbons (Fsp3) is 0.238. The summed E-state index contributed by atoms with van der Waals surface area (Å²) < 4.78 is 5.79. The number of thioether (sulfide) groups is 1. The van der Waals surface area contributed by atoms with Crippen LogP contribution in [0.4, 0.5) is 0 Å². The van der Waals surface area contributed by atoms with Gasteiger partial charge in [0.05, 0.1) is 23.6 Å². The maximum atomic E-state index is 12.7. The largest absolute Gasteiger partial charge is 0.439 e. The number of nitrogens with two attached hydrogens (primary N) is 1. The zero-order chi connectivity index (χ0) is 21.1. The van der Waals surface area contributed by atoms with Gasteiger partial charge in [0.2, 0.25) is 11.8 Å². The number of carbonyl (C=O) groups is 1. The first kappa shape index (κ1) is 19.8. The van der Waals surface area contributed by atoms with E-state index < -0.39 is 12.1 Å². The van der Waals surface area contributed by atoms with Gasteiger partial charge in [-0.05, 0) is 36.2 Å². The van der Waals surface area contributed by atoms with Crippen molar-refractivity contribution in [3.05, 3.63) is 53.9 Å². The standard InChI is InChI=1S/C21H18N6O2S/c22-7-13-1-4-20(26-9-13)29-16-2-3-19-17(6-16)14(10-25-19)5-18(24)21(28)27-12-30-11-15(27)8-23/h1-4,6,9-10,15,18,25H,5,11-12,24H2/t15-,18-/m0/s1. The quantitative estimate of drug-likeness (QED) is 0.650. The van der Waals surface area contributed by atoms with Gasteiger partial charge >= 0.3 is 0 Å². The summed E-state index contributed by atoms with van der Waals surface area (Å²) in [4.78, 5) is 21.6. The van der Waals surface area contributed by atoms with Gasteiger partial charge < -0.3 is 20.4 Å². The minimum atomic E-state index is -0.733. The van der Waals surface area contributed by atoms with Crippen LogP contribution in [0.25, 0.3) is 10.9 Å². The summed E-state index contributed by atoms with van der Waals surface area (Å²) in [7, 11) is 0. The van der Waals surface area contributed by atoms with E-state index in [2.05, 4.69) is 16.0 Å². The molecule has 3 N–H and O–H groups in total. The van der Waals surface area contributed by atoms with Crippen molar-refractivity contribution in [3.63, 3.8) is 0 Å². The number of pyridine rings is 1. The number of benzene rings is 1. The molecule has 150 valence electrons. The molecule has 30 heavy (non-hydrogen) atoms. The second-order valence-corrected chi connectivity index (χ2v) is 7.88. The molecule has 0 spiro atoms. The lowest BCUT2D eigenvalue weighted by atomic mass is 10.0. The van der Waals surface area contributed by atoms with Gasteiger partial charge in [0.25, 0.3) is 0 Å². The van der Waals surface area contributed by atoms with Crippen LogP contribution in [0.5, 0.6) is 11.6 Å². The normalized spacial score (nSPS) is 16.8. The second kappa shape index (κ2) is 8.46. The van der Waals surface area contributed by atoms with E-state index in [0.29, 0.717) is 35.2 Å². The summed E-state index contributed by atoms with van der Waals surface area (Å²) >= 11 is 1.56. The highest BCUT2D eigenvalue weighted by atomic mass is 32.2. The summed E-state index contributed by atoms with van der Waals surface area (Å²) in [5.74, 6) is 1.86. The van der Waals surface area contributed by atoms with E-state index in [4.69, 9.17) is 15.7 Å². The number of nitrogens with zero attached hydrogens (tertiary/aromatic N) is 4. The Hall–Kier alpha value is -3.53. The maximum absolute atomic E-state index is 12.7. The predicted octanol–water partition coefficient (Wildman–Crippen LogP) is 2.52. The molecule has 1 aliphatic rings. The van der Waals surface area contributed by atoms with Crippen LogP contribution in [0.15, 0.2) is 42.7 Å². The Morgan fingerprint density at radius 2 is 2.27 bits per heavy atom. The highest BCUT2D eigenvalue weighted by Crippen LogP contribution is 2.28. The number of amides is 1. The number of ether oxygens (including phenoxy) is 1. The van der Waals surface area contributed by atoms with Gasteiger partial charge in [0, 0.05) is 35.1 Å². The first-order valence-corrected chi connectivity index (χ1v) is 10.4. The first-order chi connectivity index (χ1) is 14.6. The summed E-state index contributed by atoms with van der Waals surface area (Å²) in [5, 5.41) is 19.0. The molecule has 0 saturated carbocycles. The zero-order valence-corrected chi connectivity index (χ0v) is 16.7. The minimum absolute atomic E-state index is 0.213. The average molecular weight is 418 g/mol. The molecule has 3 heterocycles. The molecule has 1 aliphatic heterocycles. The Morgan fingerprint density at radius 3 is 3.00 bits per heavy atom. The number of aromatic nitrogens is 2. The smallest absolute Gasteiger partial charge is 0.241 e. The molecule has 4 rings (SSSR count). The van der Waals surface area contributed by atoms with E-state index in [1.54, 1.807) is 28.8 Å². The number of fused-ring (bicyclic) bond motifs is 1. The number of nitrogens with one attached hydrogen (secondary N) is 1. The van der Waals surface area contributed by atoms with Gasteiger partial charge in [-0.1, -0.05) is 0 Å². The number of carbonyl (C=O) groups excluding carboxylic acids is 1. The van der Waals surface area contributed by atoms with Crippen LogP contribution in [-0.2, 0) is 11.2 Å². The molecule has 0 radical (unpaired) electrons. The highest BCUT2D eigenvalue weighted by Gasteiger charge is 2.32. The van der Waals surface area contributed by atoms with Crippen LogP contribution in [0, 0.1) is 22.7 Å². The molecule has 2 aromatic heterocycles. The van der Waals surface area contributed by atoms with Crippen molar-refractivity contribution < 1.29 is 9.53 Å². The van der Waals surface area contributed by atoms with E-state index in [9.17, 15) is 10.1 Å². The molecule has 1 aromatic carbocycles. The zero-order valence-electron chi connectivity index (χ0n) is 15.9. The Balaban J connectivity index is 1.52. The van der Waals surface area contributed by atoms with Crippen molar-refractivity contribution in [2.24, 2.45) is 5.73 Å². The van der Waals surface area contributed by atoms with Gasteiger partial charge in [-0.15, -0.1) is 11.8 Å². The first-order valence-electron chi connectivity index (χ1n) is 9.26. The SMILES string of the molecule is N#Cc1ccc(Oc2ccc3[nH]cc(C[C@H](N)C(=O)N4CSC[C@@H]4C#N)c3c2)nc1. The Morgan fingerprint density at radius 1 is 1.40 bits per heavy atom. The topological polar surface area (TPSA) is 132 Å². The molecule has 2 atom stereocenters. The van der Waals surface area contributed by atoms with E-state index >= 15 is 0 Å². The highest BCUT2D eigenvalue weighted by molar-refractivity contribution is 7.99. The van der Waals surface area contributed by atoms with Gasteiger partial charge in [0.1, 0.15) is 17.9 Å². The van der Waals surface area contributed by atoms with Gasteiger partial charge in [-0.25, -0.2) is 4.98 Å². The van der Waals surface area contributed by atoms with Crippen molar-refractivity contribution in [2.45, 2.75) is 18.5 Å². The van der Waals surface area contributed by atoms with Crippen LogP contribution < -0.4 is 10.5 Å². The van der Waals surface area contributed by atoms with Crippen LogP contribution in [0.1, 0.15) is 11.1 Å². The van der Waals surface area contributed by atoms with Gasteiger partial charge in [-0.2, -0.15) is 10.5 Å². The van der Waals surface area contributed by atoms with Crippen LogP contribution in [0.2, 0.25) is 0 Å². The molecular formula is C21H18N6O2S. The number of hydrogen-bond donors (Lipinski definition) is 2. The third-order valence-electron chi connectivity index (χ3n) is 4.90. The van der Waals surface area contributed by atoms with E-state index in [1.807, 2.05) is 30.5 Å². The Kier molecular flexibility index (Phi) is 5.57. The van der Waals surface area contributed by atoms with E-state index in [-0.39, 0.29) is 5.91 Å². The monoisotopic (exact) mass is 418 g/mol. The molecule has 8 nitrogen and oxygen atoms in total. The summed E-state index contributed by atoms with van der Waals surface area (Å²) in [5.41, 5.74) is 8.44. The second-order valence-electron chi connectivity index (χ2n) is 6.88. The molecule has 1 fully saturated rings. The number of hydrogen-bond acceptors (Lipinski definition) is 7. The number of nitriles is 2. The minimum Gasteiger partial charge on any atom is -0.439 e. The maximum Gasteiger partial charge on any atom is 0.241 e.